The Balaban J connectivity index is 2.15. The van der Waals surface area contributed by atoms with E-state index in [1.54, 1.807) is 25.1 Å². The number of carbonyl (C=O) groups excluding carboxylic acids is 1. The zero-order chi connectivity index (χ0) is 21.0. The van der Waals surface area contributed by atoms with Crippen molar-refractivity contribution >= 4 is 28.2 Å². The van der Waals surface area contributed by atoms with Crippen molar-refractivity contribution in [3.8, 4) is 5.75 Å². The number of benzene rings is 2. The summed E-state index contributed by atoms with van der Waals surface area (Å²) in [6.45, 7) is 4.09. The first-order valence-electron chi connectivity index (χ1n) is 9.00. The predicted octanol–water partition coefficient (Wildman–Crippen LogP) is 5.57. The van der Waals surface area contributed by atoms with Crippen LogP contribution in [0.2, 0.25) is 0 Å². The van der Waals surface area contributed by atoms with E-state index in [1.165, 1.54) is 18.3 Å². The van der Waals surface area contributed by atoms with Crippen LogP contribution in [0, 0.1) is 0 Å². The number of hydrogen-bond donors (Lipinski definition) is 1. The van der Waals surface area contributed by atoms with Crippen molar-refractivity contribution < 1.29 is 27.4 Å². The Labute approximate surface area is 165 Å². The molecule has 0 unspecified atom stereocenters. The summed E-state index contributed by atoms with van der Waals surface area (Å²) in [7, 11) is 0. The van der Waals surface area contributed by atoms with Crippen LogP contribution in [0.5, 0.6) is 5.75 Å². The Morgan fingerprint density at radius 2 is 1.90 bits per heavy atom. The van der Waals surface area contributed by atoms with Crippen molar-refractivity contribution in [2.45, 2.75) is 20.0 Å². The molecular weight excluding hydrogens is 385 g/mol. The Morgan fingerprint density at radius 1 is 1.10 bits per heavy atom. The van der Waals surface area contributed by atoms with Crippen molar-refractivity contribution in [1.82, 2.24) is 4.98 Å². The molecule has 0 saturated carbocycles. The molecule has 0 bridgehead atoms. The molecule has 0 radical (unpaired) electrons. The van der Waals surface area contributed by atoms with E-state index in [2.05, 4.69) is 10.3 Å². The van der Waals surface area contributed by atoms with Crippen molar-refractivity contribution in [2.75, 3.05) is 18.5 Å². The fourth-order valence-electron chi connectivity index (χ4n) is 2.84. The van der Waals surface area contributed by atoms with Gasteiger partial charge in [-0.25, -0.2) is 4.79 Å². The van der Waals surface area contributed by atoms with Gasteiger partial charge in [0.05, 0.1) is 30.0 Å². The van der Waals surface area contributed by atoms with E-state index in [9.17, 15) is 18.0 Å². The number of nitrogens with one attached hydrogen (secondary N) is 1. The van der Waals surface area contributed by atoms with Crippen LogP contribution >= 0.6 is 0 Å². The molecule has 152 valence electrons. The summed E-state index contributed by atoms with van der Waals surface area (Å²) in [5, 5.41) is 3.47. The van der Waals surface area contributed by atoms with E-state index in [0.717, 1.165) is 12.1 Å². The molecule has 5 nitrogen and oxygen atoms in total. The summed E-state index contributed by atoms with van der Waals surface area (Å²) in [4.78, 5) is 16.7. The van der Waals surface area contributed by atoms with E-state index in [-0.39, 0.29) is 17.9 Å². The molecule has 8 heteroatoms. The van der Waals surface area contributed by atoms with E-state index < -0.39 is 17.7 Å². The first-order chi connectivity index (χ1) is 13.8. The normalized spacial score (nSPS) is 11.3. The summed E-state index contributed by atoms with van der Waals surface area (Å²) in [6, 6.07) is 9.88. The molecular formula is C21H19F3N2O3. The number of rotatable bonds is 6. The number of ether oxygens (including phenoxy) is 2. The van der Waals surface area contributed by atoms with Gasteiger partial charge in [-0.2, -0.15) is 13.2 Å². The van der Waals surface area contributed by atoms with Crippen molar-refractivity contribution in [3.05, 3.63) is 59.8 Å². The third-order valence-corrected chi connectivity index (χ3v) is 4.11. The van der Waals surface area contributed by atoms with Gasteiger partial charge in [0, 0.05) is 17.3 Å². The van der Waals surface area contributed by atoms with Crippen LogP contribution in [0.4, 0.5) is 24.5 Å². The second-order valence-electron chi connectivity index (χ2n) is 6.08. The van der Waals surface area contributed by atoms with Gasteiger partial charge in [-0.05, 0) is 50.2 Å². The second kappa shape index (κ2) is 8.38. The molecule has 0 saturated heterocycles. The van der Waals surface area contributed by atoms with Gasteiger partial charge in [0.2, 0.25) is 0 Å². The van der Waals surface area contributed by atoms with Gasteiger partial charge >= 0.3 is 12.1 Å². The number of fused-ring (bicyclic) bond motifs is 1. The zero-order valence-corrected chi connectivity index (χ0v) is 15.8. The predicted molar refractivity (Wildman–Crippen MR) is 104 cm³/mol. The molecule has 0 atom stereocenters. The van der Waals surface area contributed by atoms with E-state index >= 15 is 0 Å². The number of esters is 1. The van der Waals surface area contributed by atoms with Crippen LogP contribution < -0.4 is 10.1 Å². The Hall–Kier alpha value is -3.29. The Kier molecular flexibility index (Phi) is 5.91. The molecule has 1 aromatic heterocycles. The number of halogens is 3. The summed E-state index contributed by atoms with van der Waals surface area (Å²) in [5.41, 5.74) is 0.351. The highest BCUT2D eigenvalue weighted by Crippen LogP contribution is 2.35. The fourth-order valence-corrected chi connectivity index (χ4v) is 2.84. The van der Waals surface area contributed by atoms with Gasteiger partial charge < -0.3 is 14.8 Å². The number of alkyl halides is 3. The van der Waals surface area contributed by atoms with Crippen LogP contribution in [0.15, 0.2) is 48.7 Å². The summed E-state index contributed by atoms with van der Waals surface area (Å²) < 4.78 is 49.8. The molecule has 0 fully saturated rings. The highest BCUT2D eigenvalue weighted by atomic mass is 19.4. The Morgan fingerprint density at radius 3 is 2.59 bits per heavy atom. The average Bonchev–Trinajstić information content (AvgIpc) is 2.68. The van der Waals surface area contributed by atoms with Crippen molar-refractivity contribution in [2.24, 2.45) is 0 Å². The van der Waals surface area contributed by atoms with Crippen molar-refractivity contribution in [1.29, 1.82) is 0 Å². The third kappa shape index (κ3) is 4.59. The maximum atomic E-state index is 13.1. The van der Waals surface area contributed by atoms with Crippen LogP contribution in [0.25, 0.3) is 10.9 Å². The molecule has 0 aliphatic rings. The van der Waals surface area contributed by atoms with Gasteiger partial charge in [-0.1, -0.05) is 6.07 Å². The third-order valence-electron chi connectivity index (χ3n) is 4.11. The second-order valence-corrected chi connectivity index (χ2v) is 6.08. The van der Waals surface area contributed by atoms with Gasteiger partial charge in [0.15, 0.2) is 0 Å². The fraction of sp³-hybridized carbons (Fsp3) is 0.238. The van der Waals surface area contributed by atoms with Gasteiger partial charge in [0.1, 0.15) is 11.3 Å². The van der Waals surface area contributed by atoms with E-state index in [1.807, 2.05) is 6.92 Å². The molecule has 0 aliphatic heterocycles. The molecule has 0 aliphatic carbocycles. The standard InChI is InChI=1S/C21H19F3N2O3/c1-3-28-15-8-9-18-16(11-15)19(17(12-25-18)20(27)29-4-2)26-14-7-5-6-13(10-14)21(22,23)24/h5-12H,3-4H2,1-2H3,(H,25,26). The minimum atomic E-state index is -4.48. The van der Waals surface area contributed by atoms with Crippen LogP contribution in [-0.4, -0.2) is 24.2 Å². The SMILES string of the molecule is CCOC(=O)c1cnc2ccc(OCC)cc2c1Nc1cccc(C(F)(F)F)c1. The van der Waals surface area contributed by atoms with Crippen molar-refractivity contribution in [3.63, 3.8) is 0 Å². The molecule has 3 aromatic rings. The summed E-state index contributed by atoms with van der Waals surface area (Å²) >= 11 is 0. The van der Waals surface area contributed by atoms with Crippen LogP contribution in [0.3, 0.4) is 0 Å². The zero-order valence-electron chi connectivity index (χ0n) is 15.8. The van der Waals surface area contributed by atoms with Crippen LogP contribution in [0.1, 0.15) is 29.8 Å². The molecule has 0 amide bonds. The Bertz CT molecular complexity index is 1040. The maximum absolute atomic E-state index is 13.1. The molecule has 0 spiro atoms. The topological polar surface area (TPSA) is 60.5 Å². The van der Waals surface area contributed by atoms with E-state index in [4.69, 9.17) is 9.47 Å². The van der Waals surface area contributed by atoms with Crippen LogP contribution in [-0.2, 0) is 10.9 Å². The lowest BCUT2D eigenvalue weighted by Crippen LogP contribution is -2.10. The molecule has 1 heterocycles. The minimum Gasteiger partial charge on any atom is -0.494 e. The minimum absolute atomic E-state index is 0.116. The summed E-state index contributed by atoms with van der Waals surface area (Å²) in [6.07, 6.45) is -3.14. The number of anilines is 2. The van der Waals surface area contributed by atoms with E-state index in [0.29, 0.717) is 28.9 Å². The largest absolute Gasteiger partial charge is 0.494 e. The summed E-state index contributed by atoms with van der Waals surface area (Å²) in [5.74, 6) is -0.0758. The van der Waals surface area contributed by atoms with Gasteiger partial charge in [0.25, 0.3) is 0 Å². The first kappa shape index (κ1) is 20.4. The molecule has 1 N–H and O–H groups in total. The number of aromatic nitrogens is 1. The lowest BCUT2D eigenvalue weighted by molar-refractivity contribution is -0.137. The molecule has 3 rings (SSSR count). The highest BCUT2D eigenvalue weighted by molar-refractivity contribution is 6.06. The lowest BCUT2D eigenvalue weighted by atomic mass is 10.1. The molecule has 2 aromatic carbocycles. The monoisotopic (exact) mass is 404 g/mol. The number of nitrogens with zero attached hydrogens (tertiary/aromatic N) is 1. The smallest absolute Gasteiger partial charge is 0.416 e. The quantitative estimate of drug-likeness (QED) is 0.544. The number of hydrogen-bond acceptors (Lipinski definition) is 5. The maximum Gasteiger partial charge on any atom is 0.416 e. The number of carbonyl (C=O) groups is 1. The number of pyridine rings is 1. The average molecular weight is 404 g/mol. The highest BCUT2D eigenvalue weighted by Gasteiger charge is 2.30. The lowest BCUT2D eigenvalue weighted by Gasteiger charge is -2.16. The van der Waals surface area contributed by atoms with Gasteiger partial charge in [-0.15, -0.1) is 0 Å². The van der Waals surface area contributed by atoms with Gasteiger partial charge in [-0.3, -0.25) is 4.98 Å². The molecule has 29 heavy (non-hydrogen) atoms. The first-order valence-corrected chi connectivity index (χ1v) is 9.00.